The molecule has 3 amide bonds. The highest BCUT2D eigenvalue weighted by Crippen LogP contribution is 2.12. The first kappa shape index (κ1) is 29.8. The lowest BCUT2D eigenvalue weighted by Gasteiger charge is -2.25. The first-order chi connectivity index (χ1) is 19.0. The number of nitrogens with zero attached hydrogens (tertiary/aromatic N) is 2. The predicted octanol–water partition coefficient (Wildman–Crippen LogP) is -0.611. The molecule has 0 aliphatic rings. The van der Waals surface area contributed by atoms with E-state index in [4.69, 9.17) is 5.73 Å². The highest BCUT2D eigenvalue weighted by Gasteiger charge is 2.31. The van der Waals surface area contributed by atoms with Crippen LogP contribution in [0.15, 0.2) is 49.3 Å². The molecule has 0 bridgehead atoms. The van der Waals surface area contributed by atoms with Gasteiger partial charge in [0.1, 0.15) is 23.9 Å². The van der Waals surface area contributed by atoms with Gasteiger partial charge in [0.2, 0.25) is 17.7 Å². The molecule has 4 unspecified atom stereocenters. The summed E-state index contributed by atoms with van der Waals surface area (Å²) >= 11 is 0. The lowest BCUT2D eigenvalue weighted by Crippen LogP contribution is -2.58. The number of imidazole rings is 2. The number of carbonyl (C=O) groups is 4. The van der Waals surface area contributed by atoms with E-state index in [0.717, 1.165) is 0 Å². The van der Waals surface area contributed by atoms with Crippen molar-refractivity contribution in [1.82, 2.24) is 35.9 Å². The van der Waals surface area contributed by atoms with Gasteiger partial charge in [0.25, 0.3) is 0 Å². The maximum Gasteiger partial charge on any atom is 0.326 e. The number of hydrogen-bond acceptors (Lipinski definition) is 8. The summed E-state index contributed by atoms with van der Waals surface area (Å²) in [7, 11) is 0. The molecule has 4 atom stereocenters. The van der Waals surface area contributed by atoms with Gasteiger partial charge in [-0.05, 0) is 23.6 Å². The van der Waals surface area contributed by atoms with E-state index in [1.54, 1.807) is 26.0 Å². The number of aromatic nitrogens is 4. The summed E-state index contributed by atoms with van der Waals surface area (Å²) in [4.78, 5) is 65.0. The minimum absolute atomic E-state index is 0.0214. The first-order valence-electron chi connectivity index (χ1n) is 12.7. The van der Waals surface area contributed by atoms with Crippen molar-refractivity contribution in [2.75, 3.05) is 0 Å². The molecular weight excluding hydrogens is 520 g/mol. The number of carbonyl (C=O) groups excluding carboxylic acids is 3. The SMILES string of the molecule is CC(C)C(N)C(=O)NC(Cc1cnc[nH]1)C(=O)NC(Cc1cnc[nH]1)C(=O)NC(Cc1ccc(O)cc1)C(=O)O. The Bertz CT molecular complexity index is 1260. The molecule has 14 nitrogen and oxygen atoms in total. The minimum Gasteiger partial charge on any atom is -0.508 e. The van der Waals surface area contributed by atoms with Gasteiger partial charge in [-0.2, -0.15) is 0 Å². The van der Waals surface area contributed by atoms with Gasteiger partial charge in [-0.1, -0.05) is 26.0 Å². The number of aliphatic carboxylic acids is 1. The third kappa shape index (κ3) is 8.66. The average Bonchev–Trinajstić information content (AvgIpc) is 3.62. The van der Waals surface area contributed by atoms with Gasteiger partial charge in [0.15, 0.2) is 0 Å². The molecule has 40 heavy (non-hydrogen) atoms. The van der Waals surface area contributed by atoms with Gasteiger partial charge in [0.05, 0.1) is 18.7 Å². The summed E-state index contributed by atoms with van der Waals surface area (Å²) in [6.45, 7) is 3.55. The molecule has 0 spiro atoms. The number of rotatable bonds is 14. The fourth-order valence-electron chi connectivity index (χ4n) is 3.83. The van der Waals surface area contributed by atoms with Crippen molar-refractivity contribution in [2.24, 2.45) is 11.7 Å². The van der Waals surface area contributed by atoms with E-state index < -0.39 is 47.9 Å². The van der Waals surface area contributed by atoms with Gasteiger partial charge in [-0.3, -0.25) is 14.4 Å². The highest BCUT2D eigenvalue weighted by molar-refractivity contribution is 5.94. The van der Waals surface area contributed by atoms with Crippen LogP contribution in [0.4, 0.5) is 0 Å². The van der Waals surface area contributed by atoms with Crippen LogP contribution >= 0.6 is 0 Å². The zero-order valence-corrected chi connectivity index (χ0v) is 22.1. The molecule has 0 saturated carbocycles. The zero-order chi connectivity index (χ0) is 29.2. The number of aromatic amines is 2. The van der Waals surface area contributed by atoms with E-state index in [2.05, 4.69) is 35.9 Å². The van der Waals surface area contributed by atoms with Crippen molar-refractivity contribution < 1.29 is 29.4 Å². The lowest BCUT2D eigenvalue weighted by molar-refractivity contribution is -0.142. The molecule has 0 aliphatic heterocycles. The maximum absolute atomic E-state index is 13.4. The van der Waals surface area contributed by atoms with E-state index in [0.29, 0.717) is 17.0 Å². The zero-order valence-electron chi connectivity index (χ0n) is 22.1. The van der Waals surface area contributed by atoms with E-state index >= 15 is 0 Å². The summed E-state index contributed by atoms with van der Waals surface area (Å²) in [5, 5.41) is 27.0. The summed E-state index contributed by atoms with van der Waals surface area (Å²) in [5.74, 6) is -3.41. The molecule has 0 radical (unpaired) electrons. The number of nitrogens with one attached hydrogen (secondary N) is 5. The van der Waals surface area contributed by atoms with Crippen LogP contribution in [0.5, 0.6) is 5.75 Å². The summed E-state index contributed by atoms with van der Waals surface area (Å²) in [6.07, 6.45) is 5.77. The predicted molar refractivity (Wildman–Crippen MR) is 143 cm³/mol. The van der Waals surface area contributed by atoms with Crippen LogP contribution in [0.3, 0.4) is 0 Å². The number of benzene rings is 1. The molecule has 2 heterocycles. The Morgan fingerprint density at radius 1 is 0.800 bits per heavy atom. The van der Waals surface area contributed by atoms with Crippen LogP contribution in [-0.4, -0.2) is 78.0 Å². The van der Waals surface area contributed by atoms with Crippen LogP contribution in [0.25, 0.3) is 0 Å². The topological polar surface area (TPSA) is 228 Å². The molecule has 0 fully saturated rings. The normalized spacial score (nSPS) is 14.1. The highest BCUT2D eigenvalue weighted by atomic mass is 16.4. The molecule has 0 saturated heterocycles. The Morgan fingerprint density at radius 2 is 1.27 bits per heavy atom. The minimum atomic E-state index is -1.32. The number of nitrogens with two attached hydrogens (primary N) is 1. The van der Waals surface area contributed by atoms with E-state index in [-0.39, 0.29) is 30.9 Å². The molecular formula is C26H34N8O6. The number of phenols is 1. The second kappa shape index (κ2) is 13.9. The van der Waals surface area contributed by atoms with Crippen LogP contribution < -0.4 is 21.7 Å². The first-order valence-corrected chi connectivity index (χ1v) is 12.7. The fraction of sp³-hybridized carbons (Fsp3) is 0.385. The Balaban J connectivity index is 1.79. The largest absolute Gasteiger partial charge is 0.508 e. The van der Waals surface area contributed by atoms with E-state index in [1.165, 1.54) is 37.2 Å². The van der Waals surface area contributed by atoms with Crippen molar-refractivity contribution in [3.8, 4) is 5.75 Å². The number of carboxylic acids is 1. The Kier molecular flexibility index (Phi) is 10.4. The van der Waals surface area contributed by atoms with Crippen LogP contribution in [0.1, 0.15) is 30.8 Å². The smallest absolute Gasteiger partial charge is 0.326 e. The molecule has 9 N–H and O–H groups in total. The number of aromatic hydroxyl groups is 1. The number of phenolic OH excluding ortho intramolecular Hbond substituents is 1. The van der Waals surface area contributed by atoms with E-state index in [1.807, 2.05) is 0 Å². The van der Waals surface area contributed by atoms with Crippen molar-refractivity contribution in [2.45, 2.75) is 57.3 Å². The monoisotopic (exact) mass is 554 g/mol. The van der Waals surface area contributed by atoms with Crippen LogP contribution in [0, 0.1) is 5.92 Å². The van der Waals surface area contributed by atoms with Gasteiger partial charge in [0, 0.05) is 43.0 Å². The molecule has 3 rings (SSSR count). The van der Waals surface area contributed by atoms with Gasteiger partial charge in [-0.15, -0.1) is 0 Å². The van der Waals surface area contributed by atoms with Crippen LogP contribution in [0.2, 0.25) is 0 Å². The number of hydrogen-bond donors (Lipinski definition) is 8. The molecule has 2 aromatic heterocycles. The Labute approximate surface area is 230 Å². The quantitative estimate of drug-likeness (QED) is 0.127. The van der Waals surface area contributed by atoms with Crippen LogP contribution in [-0.2, 0) is 38.4 Å². The summed E-state index contributed by atoms with van der Waals surface area (Å²) in [6, 6.07) is 1.42. The molecule has 0 aliphatic carbocycles. The third-order valence-electron chi connectivity index (χ3n) is 6.24. The van der Waals surface area contributed by atoms with E-state index in [9.17, 15) is 29.4 Å². The molecule has 3 aromatic rings. The summed E-state index contributed by atoms with van der Waals surface area (Å²) < 4.78 is 0. The standard InChI is InChI=1S/C26H34N8O6/c1-14(2)22(27)25(38)33-20(9-17-11-29-13-31-17)23(36)32-19(8-16-10-28-12-30-16)24(37)34-21(26(39)40)7-15-3-5-18(35)6-4-15/h3-6,10-14,19-22,35H,7-9,27H2,1-2H3,(H,28,30)(H,29,31)(H,32,36)(H,33,38)(H,34,37)(H,39,40). The number of carboxylic acid groups (broad SMARTS) is 1. The van der Waals surface area contributed by atoms with Gasteiger partial charge >= 0.3 is 5.97 Å². The molecule has 1 aromatic carbocycles. The van der Waals surface area contributed by atoms with Crippen molar-refractivity contribution >= 4 is 23.7 Å². The second-order valence-electron chi connectivity index (χ2n) is 9.72. The lowest BCUT2D eigenvalue weighted by atomic mass is 10.0. The summed E-state index contributed by atoms with van der Waals surface area (Å²) in [5.41, 5.74) is 7.62. The van der Waals surface area contributed by atoms with Gasteiger partial charge < -0.3 is 41.9 Å². The molecule has 14 heteroatoms. The third-order valence-corrected chi connectivity index (χ3v) is 6.24. The van der Waals surface area contributed by atoms with Crippen molar-refractivity contribution in [3.63, 3.8) is 0 Å². The van der Waals surface area contributed by atoms with Crippen molar-refractivity contribution in [1.29, 1.82) is 0 Å². The van der Waals surface area contributed by atoms with Gasteiger partial charge in [-0.25, -0.2) is 14.8 Å². The second-order valence-corrected chi connectivity index (χ2v) is 9.72. The molecule has 214 valence electrons. The Morgan fingerprint density at radius 3 is 1.70 bits per heavy atom. The number of H-pyrrole nitrogens is 2. The maximum atomic E-state index is 13.4. The Hall–Kier alpha value is -4.72. The average molecular weight is 555 g/mol. The fourth-order valence-corrected chi connectivity index (χ4v) is 3.83. The van der Waals surface area contributed by atoms with Crippen molar-refractivity contribution in [3.05, 3.63) is 66.3 Å². The number of amides is 3.